The zero-order valence-electron chi connectivity index (χ0n) is 32.1. The van der Waals surface area contributed by atoms with Crippen LogP contribution in [0.5, 0.6) is 17.2 Å². The molecule has 11 nitrogen and oxygen atoms in total. The lowest BCUT2D eigenvalue weighted by atomic mass is 9.57. The van der Waals surface area contributed by atoms with Gasteiger partial charge in [-0.25, -0.2) is 0 Å². The second-order valence-corrected chi connectivity index (χ2v) is 15.3. The highest BCUT2D eigenvalue weighted by Crippen LogP contribution is 2.61. The van der Waals surface area contributed by atoms with Crippen molar-refractivity contribution in [1.82, 2.24) is 0 Å². The summed E-state index contributed by atoms with van der Waals surface area (Å²) in [6, 6.07) is 33.3. The molecule has 0 spiro atoms. The normalized spacial score (nSPS) is 23.3. The standard InChI is InChI=1S/C48H38N2O9/c1-58-32-23-37(51)42(38(24-32)59-2)40-33-21-22-34-39(47(56)49(45(34)54)30-17-13-28(14-18-30)43(52)26-9-5-3-6-10-26)35(33)25-36-41(40)48(57)50(46(36)55)31-19-15-29(16-20-31)44(53)27-11-7-4-8-12-27/h3-21,23-24,34-36,39-41,51H,22,25H2,1-2H3. The van der Waals surface area contributed by atoms with Crippen molar-refractivity contribution in [2.75, 3.05) is 24.0 Å². The van der Waals surface area contributed by atoms with E-state index in [0.29, 0.717) is 39.3 Å². The first kappa shape index (κ1) is 37.4. The summed E-state index contributed by atoms with van der Waals surface area (Å²) in [5.41, 5.74) is 3.35. The number of aromatic hydroxyl groups is 1. The van der Waals surface area contributed by atoms with Gasteiger partial charge in [0.2, 0.25) is 23.6 Å². The van der Waals surface area contributed by atoms with Crippen LogP contribution in [0, 0.1) is 29.6 Å². The van der Waals surface area contributed by atoms with Crippen molar-refractivity contribution >= 4 is 46.6 Å². The first-order valence-corrected chi connectivity index (χ1v) is 19.4. The number of rotatable bonds is 9. The third-order valence-corrected chi connectivity index (χ3v) is 12.4. The van der Waals surface area contributed by atoms with E-state index >= 15 is 0 Å². The molecule has 2 aliphatic carbocycles. The van der Waals surface area contributed by atoms with Gasteiger partial charge in [0, 0.05) is 45.9 Å². The van der Waals surface area contributed by atoms with Crippen LogP contribution in [0.1, 0.15) is 56.2 Å². The van der Waals surface area contributed by atoms with Crippen LogP contribution in [0.25, 0.3) is 0 Å². The lowest BCUT2D eigenvalue weighted by molar-refractivity contribution is -0.126. The third kappa shape index (κ3) is 6.03. The Labute approximate surface area is 339 Å². The van der Waals surface area contributed by atoms with Gasteiger partial charge >= 0.3 is 0 Å². The fourth-order valence-corrected chi connectivity index (χ4v) is 9.64. The summed E-state index contributed by atoms with van der Waals surface area (Å²) in [6.45, 7) is 0. The molecule has 59 heavy (non-hydrogen) atoms. The Morgan fingerprint density at radius 3 is 1.58 bits per heavy atom. The Hall–Kier alpha value is -7.14. The highest BCUT2D eigenvalue weighted by atomic mass is 16.5. The Morgan fingerprint density at radius 1 is 0.576 bits per heavy atom. The van der Waals surface area contributed by atoms with Crippen LogP contribution in [0.4, 0.5) is 11.4 Å². The van der Waals surface area contributed by atoms with Gasteiger partial charge in [-0.05, 0) is 67.3 Å². The number of anilines is 2. The van der Waals surface area contributed by atoms with Crippen LogP contribution in [-0.4, -0.2) is 54.5 Å². The van der Waals surface area contributed by atoms with E-state index in [1.807, 2.05) is 18.2 Å². The second kappa shape index (κ2) is 14.7. The molecule has 6 unspecified atom stereocenters. The molecule has 2 heterocycles. The van der Waals surface area contributed by atoms with Gasteiger partial charge in [-0.3, -0.25) is 38.6 Å². The number of ketones is 2. The van der Waals surface area contributed by atoms with Gasteiger partial charge in [0.15, 0.2) is 11.6 Å². The molecule has 2 aliphatic heterocycles. The molecular formula is C48H38N2O9. The molecule has 4 amide bonds. The van der Waals surface area contributed by atoms with Crippen LogP contribution >= 0.6 is 0 Å². The minimum Gasteiger partial charge on any atom is -0.507 e. The first-order chi connectivity index (χ1) is 28.6. The monoisotopic (exact) mass is 786 g/mol. The number of amides is 4. The third-order valence-electron chi connectivity index (χ3n) is 12.4. The molecule has 3 fully saturated rings. The van der Waals surface area contributed by atoms with Crippen molar-refractivity contribution < 1.29 is 43.3 Å². The number of carbonyl (C=O) groups excluding carboxylic acids is 6. The number of methoxy groups -OCH3 is 2. The highest BCUT2D eigenvalue weighted by molar-refractivity contribution is 6.24. The van der Waals surface area contributed by atoms with Crippen molar-refractivity contribution in [1.29, 1.82) is 0 Å². The summed E-state index contributed by atoms with van der Waals surface area (Å²) in [4.78, 5) is 86.7. The molecule has 5 aromatic carbocycles. The van der Waals surface area contributed by atoms with E-state index in [0.717, 1.165) is 4.90 Å². The Balaban J connectivity index is 1.08. The number of ether oxygens (including phenoxy) is 2. The van der Waals surface area contributed by atoms with Crippen molar-refractivity contribution in [3.8, 4) is 17.2 Å². The van der Waals surface area contributed by atoms with Crippen LogP contribution in [0.3, 0.4) is 0 Å². The summed E-state index contributed by atoms with van der Waals surface area (Å²) in [6.07, 6.45) is 2.19. The summed E-state index contributed by atoms with van der Waals surface area (Å²) >= 11 is 0. The fourth-order valence-electron chi connectivity index (χ4n) is 9.64. The number of allylic oxidation sites excluding steroid dienone is 2. The van der Waals surface area contributed by atoms with E-state index in [2.05, 4.69) is 0 Å². The summed E-state index contributed by atoms with van der Waals surface area (Å²) in [5, 5.41) is 11.6. The molecule has 5 aromatic rings. The van der Waals surface area contributed by atoms with E-state index < -0.39 is 53.2 Å². The summed E-state index contributed by atoms with van der Waals surface area (Å²) < 4.78 is 11.2. The average molecular weight is 787 g/mol. The van der Waals surface area contributed by atoms with Crippen molar-refractivity contribution in [3.05, 3.63) is 161 Å². The molecule has 11 heteroatoms. The van der Waals surface area contributed by atoms with E-state index in [1.54, 1.807) is 103 Å². The lowest BCUT2D eigenvalue weighted by Gasteiger charge is -2.44. The molecule has 1 saturated carbocycles. The fraction of sp³-hybridized carbons (Fsp3) is 0.208. The van der Waals surface area contributed by atoms with Gasteiger partial charge in [-0.15, -0.1) is 0 Å². The number of imide groups is 2. The second-order valence-electron chi connectivity index (χ2n) is 15.3. The van der Waals surface area contributed by atoms with Crippen LogP contribution in [0.15, 0.2) is 133 Å². The zero-order valence-corrected chi connectivity index (χ0v) is 32.1. The molecule has 2 saturated heterocycles. The minimum absolute atomic E-state index is 0.108. The number of phenols is 1. The quantitative estimate of drug-likeness (QED) is 0.0956. The predicted molar refractivity (Wildman–Crippen MR) is 216 cm³/mol. The van der Waals surface area contributed by atoms with E-state index in [-0.39, 0.29) is 53.1 Å². The minimum atomic E-state index is -0.988. The van der Waals surface area contributed by atoms with Crippen molar-refractivity contribution in [3.63, 3.8) is 0 Å². The molecule has 9 rings (SSSR count). The Kier molecular flexibility index (Phi) is 9.30. The topological polar surface area (TPSA) is 148 Å². The summed E-state index contributed by atoms with van der Waals surface area (Å²) in [7, 11) is 2.88. The predicted octanol–water partition coefficient (Wildman–Crippen LogP) is 6.92. The molecule has 6 atom stereocenters. The maximum Gasteiger partial charge on any atom is 0.238 e. The molecule has 4 aliphatic rings. The largest absolute Gasteiger partial charge is 0.507 e. The van der Waals surface area contributed by atoms with Crippen LogP contribution in [-0.2, 0) is 19.2 Å². The van der Waals surface area contributed by atoms with Gasteiger partial charge in [0.1, 0.15) is 17.2 Å². The molecule has 294 valence electrons. The van der Waals surface area contributed by atoms with Crippen molar-refractivity contribution in [2.24, 2.45) is 29.6 Å². The van der Waals surface area contributed by atoms with Crippen LogP contribution < -0.4 is 19.3 Å². The van der Waals surface area contributed by atoms with Gasteiger partial charge in [-0.1, -0.05) is 72.3 Å². The molecular weight excluding hydrogens is 749 g/mol. The number of hydrogen-bond acceptors (Lipinski definition) is 9. The Bertz CT molecular complexity index is 2590. The van der Waals surface area contributed by atoms with Gasteiger partial charge in [-0.2, -0.15) is 0 Å². The van der Waals surface area contributed by atoms with Crippen molar-refractivity contribution in [2.45, 2.75) is 18.8 Å². The molecule has 0 radical (unpaired) electrons. The van der Waals surface area contributed by atoms with E-state index in [9.17, 15) is 33.9 Å². The number of hydrogen-bond donors (Lipinski definition) is 1. The SMILES string of the molecule is COc1cc(O)c(C2C3=CCC4C(=O)N(c5ccc(C(=O)c6ccccc6)cc5)C(=O)C4C3CC3C(=O)N(c4ccc(C(=O)c5ccccc5)cc4)C(=O)C32)c(OC)c1. The maximum absolute atomic E-state index is 14.7. The van der Waals surface area contributed by atoms with Gasteiger partial charge in [0.25, 0.3) is 0 Å². The lowest BCUT2D eigenvalue weighted by Crippen LogP contribution is -2.43. The maximum atomic E-state index is 14.7. The number of nitrogens with zero attached hydrogens (tertiary/aromatic N) is 2. The zero-order chi connectivity index (χ0) is 41.1. The molecule has 0 aromatic heterocycles. The first-order valence-electron chi connectivity index (χ1n) is 19.4. The number of phenolic OH excluding ortho intramolecular Hbond substituents is 1. The Morgan fingerprint density at radius 2 is 1.07 bits per heavy atom. The van der Waals surface area contributed by atoms with E-state index in [1.165, 1.54) is 25.2 Å². The number of carbonyl (C=O) groups is 6. The van der Waals surface area contributed by atoms with E-state index in [4.69, 9.17) is 9.47 Å². The van der Waals surface area contributed by atoms with Gasteiger partial charge < -0.3 is 14.6 Å². The average Bonchev–Trinajstić information content (AvgIpc) is 3.68. The molecule has 1 N–H and O–H groups in total. The smallest absolute Gasteiger partial charge is 0.238 e. The molecule has 0 bridgehead atoms. The highest BCUT2D eigenvalue weighted by Gasteiger charge is 2.63. The van der Waals surface area contributed by atoms with Gasteiger partial charge in [0.05, 0.1) is 49.3 Å². The van der Waals surface area contributed by atoms with Crippen LogP contribution in [0.2, 0.25) is 0 Å². The number of fused-ring (bicyclic) bond motifs is 4. The number of benzene rings is 5. The summed E-state index contributed by atoms with van der Waals surface area (Å²) in [5.74, 6) is -6.91.